The van der Waals surface area contributed by atoms with Gasteiger partial charge >= 0.3 is 0 Å². The summed E-state index contributed by atoms with van der Waals surface area (Å²) in [6, 6.07) is 5.00. The average Bonchev–Trinajstić information content (AvgIpc) is 2.94. The van der Waals surface area contributed by atoms with Crippen LogP contribution in [0.15, 0.2) is 12.1 Å². The summed E-state index contributed by atoms with van der Waals surface area (Å²) in [5.41, 5.74) is 0.485. The predicted molar refractivity (Wildman–Crippen MR) is 83.6 cm³/mol. The van der Waals surface area contributed by atoms with Gasteiger partial charge in [0.05, 0.1) is 36.9 Å². The minimum absolute atomic E-state index is 0.0735. The van der Waals surface area contributed by atoms with Gasteiger partial charge in [0.2, 0.25) is 11.8 Å². The third-order valence-corrected chi connectivity index (χ3v) is 3.88. The minimum atomic E-state index is -0.513. The molecule has 1 unspecified atom stereocenters. The number of hydrogen-bond acceptors (Lipinski definition) is 5. The smallest absolute Gasteiger partial charge is 0.227 e. The molecule has 2 amide bonds. The van der Waals surface area contributed by atoms with Crippen LogP contribution >= 0.6 is 11.6 Å². The standard InChI is InChI=1S/C15H16ClN3O4/c1-22-12-7-13(23-2)11(6-10(12)16)19-8-9(5-14(19)20)15(21)18-4-3-17/h6-7,9H,4-5,8H2,1-2H3,(H,18,21). The van der Waals surface area contributed by atoms with Gasteiger partial charge in [0.15, 0.2) is 0 Å². The monoisotopic (exact) mass is 337 g/mol. The Bertz CT molecular complexity index is 671. The van der Waals surface area contributed by atoms with E-state index >= 15 is 0 Å². The molecule has 8 heteroatoms. The Hall–Kier alpha value is -2.46. The number of carbonyl (C=O) groups excluding carboxylic acids is 2. The van der Waals surface area contributed by atoms with Crippen LogP contribution in [-0.2, 0) is 9.59 Å². The normalized spacial score (nSPS) is 16.9. The number of amides is 2. The summed E-state index contributed by atoms with van der Waals surface area (Å²) >= 11 is 6.12. The Morgan fingerprint density at radius 2 is 2.13 bits per heavy atom. The van der Waals surface area contributed by atoms with Gasteiger partial charge in [0.25, 0.3) is 0 Å². The predicted octanol–water partition coefficient (Wildman–Crippen LogP) is 1.35. The molecule has 0 radical (unpaired) electrons. The molecule has 1 atom stereocenters. The summed E-state index contributed by atoms with van der Waals surface area (Å²) < 4.78 is 10.4. The first-order valence-electron chi connectivity index (χ1n) is 6.88. The van der Waals surface area contributed by atoms with Crippen LogP contribution in [0.5, 0.6) is 11.5 Å². The maximum atomic E-state index is 12.2. The Kier molecular flexibility index (Phi) is 5.29. The second-order valence-corrected chi connectivity index (χ2v) is 5.35. The number of methoxy groups -OCH3 is 2. The highest BCUT2D eigenvalue weighted by atomic mass is 35.5. The molecule has 1 aromatic carbocycles. The van der Waals surface area contributed by atoms with Crippen LogP contribution in [0.1, 0.15) is 6.42 Å². The van der Waals surface area contributed by atoms with E-state index in [2.05, 4.69) is 5.32 Å². The van der Waals surface area contributed by atoms with Gasteiger partial charge in [0, 0.05) is 19.0 Å². The van der Waals surface area contributed by atoms with Gasteiger partial charge in [-0.1, -0.05) is 11.6 Å². The fraction of sp³-hybridized carbons (Fsp3) is 0.400. The Morgan fingerprint density at radius 1 is 1.43 bits per heavy atom. The van der Waals surface area contributed by atoms with Crippen LogP contribution in [0, 0.1) is 17.2 Å². The number of carbonyl (C=O) groups is 2. The molecule has 0 spiro atoms. The molecule has 7 nitrogen and oxygen atoms in total. The SMILES string of the molecule is COc1cc(OC)c(N2CC(C(=O)NCC#N)CC2=O)cc1Cl. The highest BCUT2D eigenvalue weighted by molar-refractivity contribution is 6.32. The number of anilines is 1. The Labute approximate surface area is 138 Å². The van der Waals surface area contributed by atoms with Crippen molar-refractivity contribution in [1.82, 2.24) is 5.32 Å². The number of nitriles is 1. The molecule has 1 N–H and O–H groups in total. The van der Waals surface area contributed by atoms with E-state index in [1.165, 1.54) is 19.1 Å². The molecule has 0 bridgehead atoms. The summed E-state index contributed by atoms with van der Waals surface area (Å²) in [6.07, 6.45) is 0.0735. The molecule has 1 saturated heterocycles. The van der Waals surface area contributed by atoms with E-state index in [4.69, 9.17) is 26.3 Å². The van der Waals surface area contributed by atoms with E-state index in [-0.39, 0.29) is 31.3 Å². The molecule has 23 heavy (non-hydrogen) atoms. The molecule has 1 aliphatic heterocycles. The molecule has 0 aromatic heterocycles. The van der Waals surface area contributed by atoms with Gasteiger partial charge in [-0.15, -0.1) is 0 Å². The van der Waals surface area contributed by atoms with Crippen molar-refractivity contribution in [2.75, 3.05) is 32.2 Å². The number of nitrogens with one attached hydrogen (secondary N) is 1. The van der Waals surface area contributed by atoms with Crippen molar-refractivity contribution in [3.8, 4) is 17.6 Å². The van der Waals surface area contributed by atoms with Crippen molar-refractivity contribution >= 4 is 29.1 Å². The summed E-state index contributed by atoms with van der Waals surface area (Å²) in [7, 11) is 2.96. The van der Waals surface area contributed by atoms with E-state index in [1.807, 2.05) is 6.07 Å². The number of benzene rings is 1. The van der Waals surface area contributed by atoms with Gasteiger partial charge < -0.3 is 19.7 Å². The Balaban J connectivity index is 2.25. The van der Waals surface area contributed by atoms with Crippen LogP contribution in [0.3, 0.4) is 0 Å². The fourth-order valence-corrected chi connectivity index (χ4v) is 2.68. The van der Waals surface area contributed by atoms with Gasteiger partial charge in [-0.2, -0.15) is 5.26 Å². The van der Waals surface area contributed by atoms with Crippen LogP contribution in [0.25, 0.3) is 0 Å². The Morgan fingerprint density at radius 3 is 2.74 bits per heavy atom. The van der Waals surface area contributed by atoms with Crippen molar-refractivity contribution in [2.24, 2.45) is 5.92 Å². The zero-order valence-electron chi connectivity index (χ0n) is 12.8. The van der Waals surface area contributed by atoms with Crippen molar-refractivity contribution in [3.05, 3.63) is 17.2 Å². The third kappa shape index (κ3) is 3.48. The molecular weight excluding hydrogens is 322 g/mol. The van der Waals surface area contributed by atoms with Gasteiger partial charge in [-0.05, 0) is 6.07 Å². The fourth-order valence-electron chi connectivity index (χ4n) is 2.44. The maximum Gasteiger partial charge on any atom is 0.227 e. The van der Waals surface area contributed by atoms with Crippen LogP contribution in [0.2, 0.25) is 5.02 Å². The average molecular weight is 338 g/mol. The van der Waals surface area contributed by atoms with Gasteiger partial charge in [0.1, 0.15) is 18.0 Å². The van der Waals surface area contributed by atoms with Crippen molar-refractivity contribution in [2.45, 2.75) is 6.42 Å². The summed E-state index contributed by atoms with van der Waals surface area (Å²) in [6.45, 7) is 0.121. The van der Waals surface area contributed by atoms with Gasteiger partial charge in [-0.25, -0.2) is 0 Å². The van der Waals surface area contributed by atoms with E-state index in [9.17, 15) is 9.59 Å². The lowest BCUT2D eigenvalue weighted by molar-refractivity contribution is -0.126. The molecule has 1 fully saturated rings. The number of halogens is 1. The molecule has 1 heterocycles. The zero-order chi connectivity index (χ0) is 17.0. The molecule has 1 aromatic rings. The van der Waals surface area contributed by atoms with Crippen molar-refractivity contribution in [3.63, 3.8) is 0 Å². The first kappa shape index (κ1) is 16.9. The summed E-state index contributed by atoms with van der Waals surface area (Å²) in [4.78, 5) is 25.6. The molecule has 0 saturated carbocycles. The maximum absolute atomic E-state index is 12.2. The molecule has 2 rings (SSSR count). The van der Waals surface area contributed by atoms with E-state index in [1.54, 1.807) is 12.1 Å². The lowest BCUT2D eigenvalue weighted by Gasteiger charge is -2.20. The second-order valence-electron chi connectivity index (χ2n) is 4.94. The number of ether oxygens (including phenoxy) is 2. The van der Waals surface area contributed by atoms with Crippen molar-refractivity contribution in [1.29, 1.82) is 5.26 Å². The second kappa shape index (κ2) is 7.20. The van der Waals surface area contributed by atoms with E-state index in [0.29, 0.717) is 22.2 Å². The highest BCUT2D eigenvalue weighted by Crippen LogP contribution is 2.40. The molecule has 0 aliphatic carbocycles. The third-order valence-electron chi connectivity index (χ3n) is 3.58. The first-order chi connectivity index (χ1) is 11.0. The molecule has 122 valence electrons. The molecular formula is C15H16ClN3O4. The first-order valence-corrected chi connectivity index (χ1v) is 7.26. The van der Waals surface area contributed by atoms with Crippen LogP contribution in [0.4, 0.5) is 5.69 Å². The number of nitrogens with zero attached hydrogens (tertiary/aromatic N) is 2. The highest BCUT2D eigenvalue weighted by Gasteiger charge is 2.36. The largest absolute Gasteiger partial charge is 0.495 e. The quantitative estimate of drug-likeness (QED) is 0.819. The topological polar surface area (TPSA) is 91.7 Å². The van der Waals surface area contributed by atoms with Crippen LogP contribution < -0.4 is 19.7 Å². The zero-order valence-corrected chi connectivity index (χ0v) is 13.5. The van der Waals surface area contributed by atoms with E-state index < -0.39 is 5.92 Å². The van der Waals surface area contributed by atoms with Gasteiger partial charge in [-0.3, -0.25) is 9.59 Å². The lowest BCUT2D eigenvalue weighted by Crippen LogP contribution is -2.33. The summed E-state index contributed by atoms with van der Waals surface area (Å²) in [5, 5.41) is 11.3. The number of rotatable bonds is 5. The van der Waals surface area contributed by atoms with Crippen LogP contribution in [-0.4, -0.2) is 39.1 Å². The minimum Gasteiger partial charge on any atom is -0.495 e. The van der Waals surface area contributed by atoms with E-state index in [0.717, 1.165) is 0 Å². The molecule has 1 aliphatic rings. The van der Waals surface area contributed by atoms with Crippen molar-refractivity contribution < 1.29 is 19.1 Å². The number of hydrogen-bond donors (Lipinski definition) is 1. The lowest BCUT2D eigenvalue weighted by atomic mass is 10.1. The summed E-state index contributed by atoms with van der Waals surface area (Å²) in [5.74, 6) is -0.177.